The fourth-order valence-electron chi connectivity index (χ4n) is 2.02. The molecule has 0 aromatic carbocycles. The van der Waals surface area contributed by atoms with Gasteiger partial charge in [0.1, 0.15) is 0 Å². The predicted molar refractivity (Wildman–Crippen MR) is 77.7 cm³/mol. The normalized spacial score (nSPS) is 24.6. The Kier molecular flexibility index (Phi) is 4.63. The van der Waals surface area contributed by atoms with Gasteiger partial charge in [-0.1, -0.05) is 0 Å². The molecule has 2 N–H and O–H groups in total. The van der Waals surface area contributed by atoms with Crippen LogP contribution in [-0.4, -0.2) is 24.5 Å². The van der Waals surface area contributed by atoms with Crippen molar-refractivity contribution in [3.05, 3.63) is 19.2 Å². The first-order chi connectivity index (χ1) is 8.06. The lowest BCUT2D eigenvalue weighted by molar-refractivity contribution is 0.0925. The van der Waals surface area contributed by atoms with Crippen molar-refractivity contribution in [3.63, 3.8) is 0 Å². The molecule has 0 bridgehead atoms. The summed E-state index contributed by atoms with van der Waals surface area (Å²) in [5.41, 5.74) is 0.716. The standard InChI is InChI=1S/C11H14Br2N2OS/c1-6-4-7(2-3-14-6)15-11(16)8-5-9(12)17-10(8)13/h5-7,14H,2-4H2,1H3,(H,15,16). The zero-order valence-corrected chi connectivity index (χ0v) is 13.4. The maximum atomic E-state index is 12.1. The Bertz CT molecular complexity index is 422. The second kappa shape index (κ2) is 5.82. The third-order valence-electron chi connectivity index (χ3n) is 2.86. The van der Waals surface area contributed by atoms with Gasteiger partial charge in [-0.05, 0) is 64.2 Å². The Morgan fingerprint density at radius 1 is 1.59 bits per heavy atom. The van der Waals surface area contributed by atoms with E-state index in [4.69, 9.17) is 0 Å². The third kappa shape index (κ3) is 3.53. The molecule has 2 heterocycles. The van der Waals surface area contributed by atoms with E-state index in [1.807, 2.05) is 6.07 Å². The number of piperidine rings is 1. The van der Waals surface area contributed by atoms with Gasteiger partial charge in [0.05, 0.1) is 13.1 Å². The lowest BCUT2D eigenvalue weighted by atomic mass is 10.0. The van der Waals surface area contributed by atoms with Gasteiger partial charge in [-0.3, -0.25) is 4.79 Å². The monoisotopic (exact) mass is 380 g/mol. The quantitative estimate of drug-likeness (QED) is 0.826. The molecule has 17 heavy (non-hydrogen) atoms. The molecule has 1 fully saturated rings. The summed E-state index contributed by atoms with van der Waals surface area (Å²) in [7, 11) is 0. The van der Waals surface area contributed by atoms with Crippen molar-refractivity contribution in [3.8, 4) is 0 Å². The number of thiophene rings is 1. The molecule has 0 radical (unpaired) electrons. The van der Waals surface area contributed by atoms with Crippen molar-refractivity contribution in [2.45, 2.75) is 31.8 Å². The number of halogens is 2. The van der Waals surface area contributed by atoms with Crippen LogP contribution in [0.1, 0.15) is 30.1 Å². The van der Waals surface area contributed by atoms with E-state index in [-0.39, 0.29) is 11.9 Å². The number of amides is 1. The van der Waals surface area contributed by atoms with E-state index in [0.717, 1.165) is 27.0 Å². The molecule has 2 rings (SSSR count). The highest BCUT2D eigenvalue weighted by Crippen LogP contribution is 2.31. The van der Waals surface area contributed by atoms with E-state index in [1.165, 1.54) is 11.3 Å². The van der Waals surface area contributed by atoms with Crippen LogP contribution in [0.3, 0.4) is 0 Å². The van der Waals surface area contributed by atoms with Crippen molar-refractivity contribution in [1.29, 1.82) is 0 Å². The highest BCUT2D eigenvalue weighted by atomic mass is 79.9. The summed E-state index contributed by atoms with van der Waals surface area (Å²) in [6, 6.07) is 2.62. The minimum atomic E-state index is 0.0120. The summed E-state index contributed by atoms with van der Waals surface area (Å²) in [6.07, 6.45) is 1.99. The molecule has 2 atom stereocenters. The number of carbonyl (C=O) groups excluding carboxylic acids is 1. The second-order valence-electron chi connectivity index (χ2n) is 4.29. The second-order valence-corrected chi connectivity index (χ2v) is 8.04. The van der Waals surface area contributed by atoms with E-state index in [9.17, 15) is 4.79 Å². The molecule has 0 spiro atoms. The molecule has 1 amide bonds. The maximum Gasteiger partial charge on any atom is 0.253 e. The fraction of sp³-hybridized carbons (Fsp3) is 0.545. The smallest absolute Gasteiger partial charge is 0.253 e. The van der Waals surface area contributed by atoms with E-state index in [1.54, 1.807) is 0 Å². The average molecular weight is 382 g/mol. The molecule has 2 unspecified atom stereocenters. The number of hydrogen-bond acceptors (Lipinski definition) is 3. The zero-order chi connectivity index (χ0) is 12.4. The van der Waals surface area contributed by atoms with Crippen LogP contribution in [-0.2, 0) is 0 Å². The summed E-state index contributed by atoms with van der Waals surface area (Å²) in [5.74, 6) is 0.0120. The van der Waals surface area contributed by atoms with Gasteiger partial charge < -0.3 is 10.6 Å². The molecule has 6 heteroatoms. The van der Waals surface area contributed by atoms with Crippen LogP contribution in [0.15, 0.2) is 13.6 Å². The summed E-state index contributed by atoms with van der Waals surface area (Å²) in [4.78, 5) is 12.1. The van der Waals surface area contributed by atoms with Crippen molar-refractivity contribution in [2.75, 3.05) is 6.54 Å². The molecule has 1 aromatic heterocycles. The van der Waals surface area contributed by atoms with Crippen molar-refractivity contribution in [2.24, 2.45) is 0 Å². The number of nitrogens with one attached hydrogen (secondary N) is 2. The van der Waals surface area contributed by atoms with Gasteiger partial charge in [-0.2, -0.15) is 0 Å². The number of rotatable bonds is 2. The van der Waals surface area contributed by atoms with Crippen molar-refractivity contribution >= 4 is 49.1 Å². The van der Waals surface area contributed by atoms with E-state index in [0.29, 0.717) is 11.6 Å². The Labute approximate surface area is 122 Å². The highest BCUT2D eigenvalue weighted by Gasteiger charge is 2.22. The van der Waals surface area contributed by atoms with Crippen LogP contribution in [0.25, 0.3) is 0 Å². The Morgan fingerprint density at radius 2 is 2.35 bits per heavy atom. The van der Waals surface area contributed by atoms with Crippen LogP contribution in [0.4, 0.5) is 0 Å². The summed E-state index contributed by atoms with van der Waals surface area (Å²) in [5, 5.41) is 6.47. The molecule has 0 saturated carbocycles. The summed E-state index contributed by atoms with van der Waals surface area (Å²) < 4.78 is 1.84. The minimum absolute atomic E-state index is 0.0120. The van der Waals surface area contributed by atoms with Gasteiger partial charge in [0.25, 0.3) is 5.91 Å². The number of hydrogen-bond donors (Lipinski definition) is 2. The van der Waals surface area contributed by atoms with Gasteiger partial charge in [-0.25, -0.2) is 0 Å². The molecule has 1 aromatic rings. The lowest BCUT2D eigenvalue weighted by Crippen LogP contribution is -2.46. The molecule has 94 valence electrons. The number of carbonyl (C=O) groups is 1. The van der Waals surface area contributed by atoms with Crippen LogP contribution in [0.5, 0.6) is 0 Å². The molecule has 1 aliphatic rings. The van der Waals surface area contributed by atoms with Gasteiger partial charge in [-0.15, -0.1) is 11.3 Å². The molecule has 1 saturated heterocycles. The summed E-state index contributed by atoms with van der Waals surface area (Å²) in [6.45, 7) is 3.12. The maximum absolute atomic E-state index is 12.1. The molecule has 1 aliphatic heterocycles. The Balaban J connectivity index is 1.99. The zero-order valence-electron chi connectivity index (χ0n) is 9.43. The van der Waals surface area contributed by atoms with Gasteiger partial charge in [0, 0.05) is 12.1 Å². The first-order valence-electron chi connectivity index (χ1n) is 5.55. The fourth-order valence-corrected chi connectivity index (χ4v) is 4.81. The van der Waals surface area contributed by atoms with Crippen LogP contribution in [0.2, 0.25) is 0 Å². The van der Waals surface area contributed by atoms with Crippen LogP contribution >= 0.6 is 43.2 Å². The van der Waals surface area contributed by atoms with Crippen LogP contribution < -0.4 is 10.6 Å². The first-order valence-corrected chi connectivity index (χ1v) is 7.95. The SMILES string of the molecule is CC1CC(NC(=O)c2cc(Br)sc2Br)CCN1. The van der Waals surface area contributed by atoms with Crippen molar-refractivity contribution in [1.82, 2.24) is 10.6 Å². The lowest BCUT2D eigenvalue weighted by Gasteiger charge is -2.28. The van der Waals surface area contributed by atoms with Gasteiger partial charge in [0.2, 0.25) is 0 Å². The first kappa shape index (κ1) is 13.5. The van der Waals surface area contributed by atoms with Gasteiger partial charge >= 0.3 is 0 Å². The average Bonchev–Trinajstić information content (AvgIpc) is 2.58. The third-order valence-corrected chi connectivity index (χ3v) is 5.20. The van der Waals surface area contributed by atoms with E-state index in [2.05, 4.69) is 49.4 Å². The molecular weight excluding hydrogens is 368 g/mol. The van der Waals surface area contributed by atoms with Gasteiger partial charge in [0.15, 0.2) is 0 Å². The molecular formula is C11H14Br2N2OS. The van der Waals surface area contributed by atoms with Crippen molar-refractivity contribution < 1.29 is 4.79 Å². The van der Waals surface area contributed by atoms with E-state index < -0.39 is 0 Å². The highest BCUT2D eigenvalue weighted by molar-refractivity contribution is 9.12. The summed E-state index contributed by atoms with van der Waals surface area (Å²) >= 11 is 8.31. The topological polar surface area (TPSA) is 41.1 Å². The van der Waals surface area contributed by atoms with Crippen LogP contribution in [0, 0.1) is 0 Å². The Morgan fingerprint density at radius 3 is 2.94 bits per heavy atom. The predicted octanol–water partition coefficient (Wildman–Crippen LogP) is 3.14. The molecule has 3 nitrogen and oxygen atoms in total. The largest absolute Gasteiger partial charge is 0.349 e. The van der Waals surface area contributed by atoms with E-state index >= 15 is 0 Å². The molecule has 0 aliphatic carbocycles. The Hall–Kier alpha value is 0.0900. The minimum Gasteiger partial charge on any atom is -0.349 e.